The van der Waals surface area contributed by atoms with Crippen LogP contribution >= 0.6 is 0 Å². The van der Waals surface area contributed by atoms with Gasteiger partial charge in [-0.15, -0.1) is 20.5 Å². The summed E-state index contributed by atoms with van der Waals surface area (Å²) in [6.07, 6.45) is 14.2. The fourth-order valence-corrected chi connectivity index (χ4v) is 3.95. The van der Waals surface area contributed by atoms with Crippen molar-refractivity contribution in [3.8, 4) is 0 Å². The van der Waals surface area contributed by atoms with Crippen LogP contribution in [0.1, 0.15) is 64.2 Å². The van der Waals surface area contributed by atoms with Crippen LogP contribution in [0.25, 0.3) is 0 Å². The number of hydrogen-bond acceptors (Lipinski definition) is 8. The molecule has 0 saturated carbocycles. The first-order chi connectivity index (χ1) is 12.9. The highest BCUT2D eigenvalue weighted by Gasteiger charge is 2.24. The van der Waals surface area contributed by atoms with Crippen molar-refractivity contribution in [2.45, 2.75) is 64.2 Å². The molecule has 0 N–H and O–H groups in total. The van der Waals surface area contributed by atoms with E-state index in [1.54, 1.807) is 11.4 Å². The molecular formula is C16H28Cl2N2O8. The normalized spacial score (nSPS) is 21.4. The summed E-state index contributed by atoms with van der Waals surface area (Å²) < 4.78 is 73.1. The third-order valence-electron chi connectivity index (χ3n) is 4.97. The van der Waals surface area contributed by atoms with Crippen LogP contribution in [0.4, 0.5) is 0 Å². The second kappa shape index (κ2) is 12.3. The first-order valence-electron chi connectivity index (χ1n) is 9.36. The van der Waals surface area contributed by atoms with E-state index >= 15 is 0 Å². The summed E-state index contributed by atoms with van der Waals surface area (Å²) in [6.45, 7) is 5.43. The van der Waals surface area contributed by atoms with Crippen LogP contribution in [0.5, 0.6) is 0 Å². The van der Waals surface area contributed by atoms with Gasteiger partial charge in [0.05, 0.1) is 0 Å². The summed E-state index contributed by atoms with van der Waals surface area (Å²) in [7, 11) is -9.89. The van der Waals surface area contributed by atoms with Gasteiger partial charge in [0.15, 0.2) is 11.4 Å². The molecule has 4 aliphatic heterocycles. The molecule has 0 spiro atoms. The van der Waals surface area contributed by atoms with Crippen molar-refractivity contribution in [2.75, 3.05) is 26.2 Å². The average molecular weight is 447 g/mol. The molecule has 0 aliphatic carbocycles. The van der Waals surface area contributed by atoms with Crippen LogP contribution < -0.4 is 37.3 Å². The van der Waals surface area contributed by atoms with Crippen molar-refractivity contribution in [1.82, 2.24) is 0 Å². The highest BCUT2D eigenvalue weighted by molar-refractivity contribution is 5.81. The lowest BCUT2D eigenvalue weighted by atomic mass is 10.1. The maximum absolute atomic E-state index is 8.49. The minimum atomic E-state index is -4.94. The molecule has 4 heterocycles. The van der Waals surface area contributed by atoms with Crippen LogP contribution in [0.2, 0.25) is 0 Å². The summed E-state index contributed by atoms with van der Waals surface area (Å²) >= 11 is 0. The van der Waals surface area contributed by atoms with Crippen molar-refractivity contribution in [3.05, 3.63) is 0 Å². The van der Waals surface area contributed by atoms with Crippen LogP contribution in [-0.4, -0.2) is 46.8 Å². The topological polar surface area (TPSA) is 190 Å². The van der Waals surface area contributed by atoms with Crippen molar-refractivity contribution < 1.29 is 66.9 Å². The number of hydrogen-bond donors (Lipinski definition) is 0. The number of halogens is 2. The van der Waals surface area contributed by atoms with E-state index in [4.69, 9.17) is 37.3 Å². The van der Waals surface area contributed by atoms with Crippen LogP contribution in [-0.2, 0) is 0 Å². The molecule has 0 aromatic heterocycles. The Labute approximate surface area is 169 Å². The van der Waals surface area contributed by atoms with Crippen molar-refractivity contribution in [2.24, 2.45) is 0 Å². The van der Waals surface area contributed by atoms with Gasteiger partial charge in [0.2, 0.25) is 0 Å². The molecule has 164 valence electrons. The van der Waals surface area contributed by atoms with Gasteiger partial charge in [0.25, 0.3) is 0 Å². The fourth-order valence-electron chi connectivity index (χ4n) is 3.95. The highest BCUT2D eigenvalue weighted by atomic mass is 35.7. The standard InChI is InChI=1S/2C8H14N.2ClHO4/c2*1-2-6-9-7-3-5-8(9)4-1;2*2-1(3,4)5/h2*1-7H2;2*(H,2,3,4,5)/q2*+1;;/p-2. The van der Waals surface area contributed by atoms with E-state index in [0.29, 0.717) is 0 Å². The molecule has 28 heavy (non-hydrogen) atoms. The van der Waals surface area contributed by atoms with Crippen molar-refractivity contribution >= 4 is 11.4 Å². The van der Waals surface area contributed by atoms with Gasteiger partial charge in [-0.25, -0.2) is 46.4 Å². The Morgan fingerprint density at radius 1 is 0.429 bits per heavy atom. The van der Waals surface area contributed by atoms with E-state index in [2.05, 4.69) is 9.15 Å². The predicted octanol–water partition coefficient (Wildman–Crippen LogP) is -6.68. The summed E-state index contributed by atoms with van der Waals surface area (Å²) in [5.74, 6) is 0. The summed E-state index contributed by atoms with van der Waals surface area (Å²) in [4.78, 5) is 0. The molecule has 0 saturated heterocycles. The van der Waals surface area contributed by atoms with Gasteiger partial charge >= 0.3 is 0 Å². The Bertz CT molecular complexity index is 452. The predicted molar refractivity (Wildman–Crippen MR) is 76.2 cm³/mol. The minimum Gasteiger partial charge on any atom is -0.237 e. The van der Waals surface area contributed by atoms with Crippen molar-refractivity contribution in [3.63, 3.8) is 0 Å². The lowest BCUT2D eigenvalue weighted by Crippen LogP contribution is -2.68. The largest absolute Gasteiger partial charge is 0.237 e. The summed E-state index contributed by atoms with van der Waals surface area (Å²) in [5, 5.41) is 0. The quantitative estimate of drug-likeness (QED) is 0.327. The first-order valence-corrected chi connectivity index (χ1v) is 11.8. The second-order valence-corrected chi connectivity index (χ2v) is 8.50. The molecule has 4 rings (SSSR count). The Morgan fingerprint density at radius 3 is 0.964 bits per heavy atom. The third-order valence-corrected chi connectivity index (χ3v) is 4.97. The first kappa shape index (κ1) is 25.6. The molecule has 0 amide bonds. The van der Waals surface area contributed by atoms with Crippen LogP contribution in [0, 0.1) is 20.5 Å². The molecule has 0 bridgehead atoms. The molecule has 12 heteroatoms. The molecule has 0 radical (unpaired) electrons. The van der Waals surface area contributed by atoms with Crippen LogP contribution in [0.15, 0.2) is 0 Å². The molecule has 0 unspecified atom stereocenters. The lowest BCUT2D eigenvalue weighted by Gasteiger charge is -2.17. The zero-order valence-corrected chi connectivity index (χ0v) is 17.3. The number of nitrogens with zero attached hydrogens (tertiary/aromatic N) is 2. The Morgan fingerprint density at radius 2 is 0.679 bits per heavy atom. The molecule has 4 aliphatic rings. The lowest BCUT2D eigenvalue weighted by molar-refractivity contribution is -2.00. The van der Waals surface area contributed by atoms with Gasteiger partial charge < -0.3 is 0 Å². The van der Waals surface area contributed by atoms with Gasteiger partial charge in [-0.3, -0.25) is 0 Å². The molecule has 0 atom stereocenters. The van der Waals surface area contributed by atoms with E-state index in [-0.39, 0.29) is 0 Å². The molecule has 0 aromatic rings. The Kier molecular flexibility index (Phi) is 11.3. The Hall–Kier alpha value is -0.400. The average Bonchev–Trinajstić information content (AvgIpc) is 3.21. The molecule has 0 aromatic carbocycles. The van der Waals surface area contributed by atoms with Gasteiger partial charge in [-0.1, -0.05) is 0 Å². The van der Waals surface area contributed by atoms with Gasteiger partial charge in [0.1, 0.15) is 26.2 Å². The van der Waals surface area contributed by atoms with Gasteiger partial charge in [0, 0.05) is 51.4 Å². The van der Waals surface area contributed by atoms with Crippen molar-refractivity contribution in [1.29, 1.82) is 0 Å². The smallest absolute Gasteiger partial charge is 0.152 e. The van der Waals surface area contributed by atoms with E-state index in [0.717, 1.165) is 0 Å². The highest BCUT2D eigenvalue weighted by Crippen LogP contribution is 2.16. The van der Waals surface area contributed by atoms with E-state index in [1.165, 1.54) is 90.4 Å². The minimum absolute atomic E-state index is 1.36. The van der Waals surface area contributed by atoms with Crippen LogP contribution in [0.3, 0.4) is 0 Å². The third kappa shape index (κ3) is 13.7. The van der Waals surface area contributed by atoms with Gasteiger partial charge in [-0.2, -0.15) is 0 Å². The molecule has 0 fully saturated rings. The maximum Gasteiger partial charge on any atom is 0.152 e. The fraction of sp³-hybridized carbons (Fsp3) is 0.875. The second-order valence-electron chi connectivity index (χ2n) is 6.98. The van der Waals surface area contributed by atoms with E-state index in [9.17, 15) is 0 Å². The summed E-state index contributed by atoms with van der Waals surface area (Å²) in [6, 6.07) is 0. The molecular weight excluding hydrogens is 419 g/mol. The SMILES string of the molecule is C1CC[N+]2=C(C1)CCC2.C1CC[N+]2=C(C1)CCC2.[O-][Cl+3]([O-])([O-])[O-].[O-][Cl+3]([O-])([O-])[O-]. The van der Waals surface area contributed by atoms with E-state index in [1.807, 2.05) is 0 Å². The zero-order chi connectivity index (χ0) is 21.2. The molecule has 10 nitrogen and oxygen atoms in total. The Balaban J connectivity index is 0.000000196. The zero-order valence-electron chi connectivity index (χ0n) is 15.8. The monoisotopic (exact) mass is 446 g/mol. The van der Waals surface area contributed by atoms with E-state index < -0.39 is 20.5 Å². The summed E-state index contributed by atoms with van der Waals surface area (Å²) in [5.41, 5.74) is 3.50. The van der Waals surface area contributed by atoms with Gasteiger partial charge in [-0.05, 0) is 12.8 Å². The maximum atomic E-state index is 8.49. The number of rotatable bonds is 0.